The fourth-order valence-electron chi connectivity index (χ4n) is 4.24. The Labute approximate surface area is 181 Å². The molecule has 2 amide bonds. The third-order valence-corrected chi connectivity index (χ3v) is 5.38. The lowest BCUT2D eigenvalue weighted by molar-refractivity contribution is -0.485. The fourth-order valence-corrected chi connectivity index (χ4v) is 4.24. The maximum atomic E-state index is 14.0. The van der Waals surface area contributed by atoms with E-state index in [1.165, 1.54) is 0 Å². The first kappa shape index (κ1) is 22.2. The van der Waals surface area contributed by atoms with Gasteiger partial charge in [-0.05, 0) is 44.4 Å². The molecule has 0 fully saturated rings. The van der Waals surface area contributed by atoms with Gasteiger partial charge in [-0.15, -0.1) is 6.58 Å². The van der Waals surface area contributed by atoms with E-state index in [1.807, 2.05) is 6.07 Å². The number of carbonyl (C=O) groups excluding carboxylic acids is 2. The van der Waals surface area contributed by atoms with Crippen LogP contribution in [0.15, 0.2) is 67.3 Å². The molecule has 7 heteroatoms. The van der Waals surface area contributed by atoms with Crippen molar-refractivity contribution in [2.45, 2.75) is 44.1 Å². The van der Waals surface area contributed by atoms with Crippen molar-refractivity contribution in [1.29, 1.82) is 0 Å². The molecule has 0 aliphatic carbocycles. The molecule has 0 spiro atoms. The summed E-state index contributed by atoms with van der Waals surface area (Å²) in [6, 6.07) is 15.8. The number of benzene rings is 2. The third kappa shape index (κ3) is 4.08. The van der Waals surface area contributed by atoms with E-state index in [9.17, 15) is 19.7 Å². The normalized spacial score (nSPS) is 18.9. The van der Waals surface area contributed by atoms with Crippen molar-refractivity contribution in [3.63, 3.8) is 0 Å². The molecule has 0 bridgehead atoms. The highest BCUT2D eigenvalue weighted by molar-refractivity contribution is 6.21. The van der Waals surface area contributed by atoms with Crippen LogP contribution in [-0.4, -0.2) is 29.1 Å². The number of nitro groups is 1. The molecule has 0 unspecified atom stereocenters. The first-order chi connectivity index (χ1) is 14.6. The molecule has 2 atom stereocenters. The number of nitrogens with zero attached hydrogens (tertiary/aromatic N) is 2. The van der Waals surface area contributed by atoms with Crippen LogP contribution in [-0.2, 0) is 14.9 Å². The minimum Gasteiger partial charge on any atom is -0.443 e. The van der Waals surface area contributed by atoms with Crippen molar-refractivity contribution in [2.24, 2.45) is 0 Å². The van der Waals surface area contributed by atoms with E-state index in [4.69, 9.17) is 4.74 Å². The number of anilines is 1. The molecular weight excluding hydrogens is 396 g/mol. The topological polar surface area (TPSA) is 89.8 Å². The summed E-state index contributed by atoms with van der Waals surface area (Å²) in [5, 5.41) is 11.7. The Morgan fingerprint density at radius 1 is 1.19 bits per heavy atom. The van der Waals surface area contributed by atoms with Crippen LogP contribution in [0.25, 0.3) is 0 Å². The Morgan fingerprint density at radius 3 is 2.39 bits per heavy atom. The number of fused-ring (bicyclic) bond motifs is 1. The molecule has 0 saturated carbocycles. The van der Waals surface area contributed by atoms with Gasteiger partial charge >= 0.3 is 6.09 Å². The molecule has 2 aromatic carbocycles. The Bertz CT molecular complexity index is 1010. The zero-order valence-corrected chi connectivity index (χ0v) is 17.9. The van der Waals surface area contributed by atoms with Crippen LogP contribution in [0.5, 0.6) is 0 Å². The van der Waals surface area contributed by atoms with Crippen LogP contribution in [0.4, 0.5) is 10.5 Å². The summed E-state index contributed by atoms with van der Waals surface area (Å²) in [5.41, 5.74) is -0.580. The second kappa shape index (κ2) is 8.34. The average Bonchev–Trinajstić information content (AvgIpc) is 2.95. The van der Waals surface area contributed by atoms with Gasteiger partial charge in [0, 0.05) is 4.92 Å². The number of amides is 2. The van der Waals surface area contributed by atoms with Crippen LogP contribution in [0.3, 0.4) is 0 Å². The minimum absolute atomic E-state index is 0.134. The van der Waals surface area contributed by atoms with Gasteiger partial charge in [-0.1, -0.05) is 54.6 Å². The second-order valence-corrected chi connectivity index (χ2v) is 8.58. The maximum Gasteiger partial charge on any atom is 0.421 e. The van der Waals surface area contributed by atoms with Crippen molar-refractivity contribution in [3.05, 3.63) is 88.5 Å². The van der Waals surface area contributed by atoms with Gasteiger partial charge in [0.2, 0.25) is 12.5 Å². The lowest BCUT2D eigenvalue weighted by Crippen LogP contribution is -2.49. The predicted molar refractivity (Wildman–Crippen MR) is 118 cm³/mol. The number of hydrogen-bond acceptors (Lipinski definition) is 5. The number of carbonyl (C=O) groups is 2. The second-order valence-electron chi connectivity index (χ2n) is 8.58. The molecule has 31 heavy (non-hydrogen) atoms. The first-order valence-corrected chi connectivity index (χ1v) is 10.1. The van der Waals surface area contributed by atoms with Gasteiger partial charge in [0.15, 0.2) is 0 Å². The largest absolute Gasteiger partial charge is 0.443 e. The first-order valence-electron chi connectivity index (χ1n) is 10.1. The van der Waals surface area contributed by atoms with Gasteiger partial charge in [0.1, 0.15) is 5.60 Å². The highest BCUT2D eigenvalue weighted by atomic mass is 16.6. The summed E-state index contributed by atoms with van der Waals surface area (Å²) in [6.45, 7) is 8.48. The van der Waals surface area contributed by atoms with E-state index in [0.717, 1.165) is 4.90 Å². The number of allylic oxidation sites excluding steroid dienone is 1. The van der Waals surface area contributed by atoms with E-state index in [1.54, 1.807) is 75.4 Å². The maximum absolute atomic E-state index is 14.0. The molecule has 162 valence electrons. The molecule has 2 aromatic rings. The molecule has 1 aliphatic rings. The van der Waals surface area contributed by atoms with Crippen molar-refractivity contribution in [1.82, 2.24) is 0 Å². The van der Waals surface area contributed by atoms with E-state index < -0.39 is 40.4 Å². The number of para-hydroxylation sites is 1. The molecule has 1 aliphatic heterocycles. The smallest absolute Gasteiger partial charge is 0.421 e. The lowest BCUT2D eigenvalue weighted by atomic mass is 9.66. The van der Waals surface area contributed by atoms with Crippen molar-refractivity contribution < 1.29 is 19.2 Å². The molecule has 0 N–H and O–H groups in total. The molecule has 0 radical (unpaired) electrons. The lowest BCUT2D eigenvalue weighted by Gasteiger charge is -2.34. The molecule has 0 aromatic heterocycles. The highest BCUT2D eigenvalue weighted by Gasteiger charge is 2.58. The zero-order chi connectivity index (χ0) is 22.8. The monoisotopic (exact) mass is 422 g/mol. The summed E-state index contributed by atoms with van der Waals surface area (Å²) in [6.07, 6.45) is 0.905. The summed E-state index contributed by atoms with van der Waals surface area (Å²) >= 11 is 0. The Balaban J connectivity index is 2.25. The third-order valence-electron chi connectivity index (χ3n) is 5.38. The Morgan fingerprint density at radius 2 is 1.81 bits per heavy atom. The van der Waals surface area contributed by atoms with Crippen LogP contribution < -0.4 is 4.90 Å². The molecule has 1 heterocycles. The van der Waals surface area contributed by atoms with Gasteiger partial charge in [-0.2, -0.15) is 0 Å². The van der Waals surface area contributed by atoms with Crippen molar-refractivity contribution >= 4 is 17.7 Å². The van der Waals surface area contributed by atoms with Gasteiger partial charge in [0.05, 0.1) is 17.0 Å². The summed E-state index contributed by atoms with van der Waals surface area (Å²) in [5.74, 6) is -1.35. The number of hydrogen-bond donors (Lipinski definition) is 0. The Kier molecular flexibility index (Phi) is 5.97. The van der Waals surface area contributed by atoms with Crippen LogP contribution in [0, 0.1) is 10.1 Å². The quantitative estimate of drug-likeness (QED) is 0.377. The highest BCUT2D eigenvalue weighted by Crippen LogP contribution is 2.52. The number of imide groups is 1. The van der Waals surface area contributed by atoms with Crippen molar-refractivity contribution in [2.75, 3.05) is 11.4 Å². The molecular formula is C24H26N2O5. The van der Waals surface area contributed by atoms with Crippen molar-refractivity contribution in [3.8, 4) is 0 Å². The fraction of sp³-hybridized carbons (Fsp3) is 0.333. The Hall–Kier alpha value is -3.48. The van der Waals surface area contributed by atoms with Gasteiger partial charge in [-0.3, -0.25) is 14.9 Å². The van der Waals surface area contributed by atoms with Gasteiger partial charge in [-0.25, -0.2) is 9.69 Å². The molecule has 3 rings (SSSR count). The van der Waals surface area contributed by atoms with E-state index in [0.29, 0.717) is 16.8 Å². The minimum atomic E-state index is -1.36. The van der Waals surface area contributed by atoms with E-state index in [2.05, 4.69) is 6.58 Å². The average molecular weight is 422 g/mol. The van der Waals surface area contributed by atoms with E-state index >= 15 is 0 Å². The number of ether oxygens (including phenoxy) is 1. The standard InChI is InChI=1S/C24H26N2O5/c1-5-15-24(19(16-25(29)30)17-11-7-6-8-12-17)18-13-9-10-14-20(18)26(21(24)27)22(28)31-23(2,3)4/h5-14,19H,1,15-16H2,2-4H3/t19-,24-/m1/s1. The van der Waals surface area contributed by atoms with E-state index in [-0.39, 0.29) is 6.42 Å². The van der Waals surface area contributed by atoms with Gasteiger partial charge < -0.3 is 4.74 Å². The van der Waals surface area contributed by atoms with Crippen LogP contribution in [0.2, 0.25) is 0 Å². The summed E-state index contributed by atoms with van der Waals surface area (Å²) in [4.78, 5) is 39.2. The SMILES string of the molecule is C=CC[C@@]1([C@H](C[N+](=O)[O-])c2ccccc2)C(=O)N(C(=O)OC(C)(C)C)c2ccccc21. The summed E-state index contributed by atoms with van der Waals surface area (Å²) < 4.78 is 5.49. The van der Waals surface area contributed by atoms with Crippen LogP contribution in [0.1, 0.15) is 44.2 Å². The van der Waals surface area contributed by atoms with Crippen LogP contribution >= 0.6 is 0 Å². The predicted octanol–water partition coefficient (Wildman–Crippen LogP) is 4.84. The van der Waals surface area contributed by atoms with Gasteiger partial charge in [0.25, 0.3) is 0 Å². The molecule has 7 nitrogen and oxygen atoms in total. The number of rotatable bonds is 6. The zero-order valence-electron chi connectivity index (χ0n) is 17.9. The molecule has 0 saturated heterocycles. The summed E-state index contributed by atoms with van der Waals surface area (Å²) in [7, 11) is 0.